The van der Waals surface area contributed by atoms with Gasteiger partial charge in [0.05, 0.1) is 6.10 Å². The lowest BCUT2D eigenvalue weighted by Crippen LogP contribution is -2.28. The Labute approximate surface area is 93.9 Å². The normalized spacial score (nSPS) is 28.5. The molecule has 0 saturated carbocycles. The van der Waals surface area contributed by atoms with E-state index in [9.17, 15) is 5.11 Å². The van der Waals surface area contributed by atoms with E-state index in [4.69, 9.17) is 0 Å². The summed E-state index contributed by atoms with van der Waals surface area (Å²) in [5.74, 6) is 0.717. The molecule has 0 fully saturated rings. The molecule has 0 aromatic rings. The van der Waals surface area contributed by atoms with Gasteiger partial charge >= 0.3 is 0 Å². The Morgan fingerprint density at radius 2 is 2.07 bits per heavy atom. The molecule has 2 atom stereocenters. The zero-order valence-electron chi connectivity index (χ0n) is 10.7. The lowest BCUT2D eigenvalue weighted by Gasteiger charge is -2.39. The zero-order valence-corrected chi connectivity index (χ0v) is 10.7. The fourth-order valence-electron chi connectivity index (χ4n) is 2.34. The average Bonchev–Trinajstić information content (AvgIpc) is 2.11. The molecule has 0 spiro atoms. The van der Waals surface area contributed by atoms with E-state index >= 15 is 0 Å². The third kappa shape index (κ3) is 2.72. The van der Waals surface area contributed by atoms with Crippen LogP contribution in [0.2, 0.25) is 0 Å². The smallest absolute Gasteiger partial charge is 0.0695 e. The van der Waals surface area contributed by atoms with E-state index in [1.54, 1.807) is 6.92 Å². The Hall–Kier alpha value is -0.560. The van der Waals surface area contributed by atoms with Gasteiger partial charge in [-0.3, -0.25) is 0 Å². The topological polar surface area (TPSA) is 20.2 Å². The maximum absolute atomic E-state index is 9.30. The maximum atomic E-state index is 9.30. The summed E-state index contributed by atoms with van der Waals surface area (Å²) in [6.45, 7) is 11.0. The molecule has 2 unspecified atom stereocenters. The van der Waals surface area contributed by atoms with Crippen LogP contribution in [0.15, 0.2) is 23.3 Å². The van der Waals surface area contributed by atoms with Crippen LogP contribution in [-0.4, -0.2) is 11.2 Å². The quantitative estimate of drug-likeness (QED) is 0.733. The Kier molecular flexibility index (Phi) is 3.77. The van der Waals surface area contributed by atoms with E-state index < -0.39 is 0 Å². The first kappa shape index (κ1) is 12.5. The van der Waals surface area contributed by atoms with E-state index in [0.717, 1.165) is 5.92 Å². The minimum absolute atomic E-state index is 0.244. The molecule has 0 heterocycles. The first-order chi connectivity index (χ1) is 6.85. The fourth-order valence-corrected chi connectivity index (χ4v) is 2.34. The predicted molar refractivity (Wildman–Crippen MR) is 65.7 cm³/mol. The third-order valence-corrected chi connectivity index (χ3v) is 3.88. The second-order valence-corrected chi connectivity index (χ2v) is 5.46. The lowest BCUT2D eigenvalue weighted by atomic mass is 9.66. The van der Waals surface area contributed by atoms with Gasteiger partial charge in [-0.2, -0.15) is 0 Å². The molecule has 0 radical (unpaired) electrons. The highest BCUT2D eigenvalue weighted by molar-refractivity contribution is 5.33. The largest absolute Gasteiger partial charge is 0.389 e. The number of hydrogen-bond acceptors (Lipinski definition) is 1. The molecular formula is C14H24O. The molecule has 1 N–H and O–H groups in total. The van der Waals surface area contributed by atoms with Crippen LogP contribution in [0, 0.1) is 11.3 Å². The molecule has 0 aliphatic heterocycles. The monoisotopic (exact) mass is 208 g/mol. The van der Waals surface area contributed by atoms with Crippen LogP contribution in [-0.2, 0) is 0 Å². The minimum Gasteiger partial charge on any atom is -0.389 e. The zero-order chi connectivity index (χ0) is 11.6. The van der Waals surface area contributed by atoms with E-state index in [-0.39, 0.29) is 11.5 Å². The summed E-state index contributed by atoms with van der Waals surface area (Å²) in [5, 5.41) is 9.30. The fraction of sp³-hybridized carbons (Fsp3) is 0.714. The SMILES string of the molecule is CC1=C(/C=C/C(C)O)C(C)(C)C(C)CC1. The van der Waals surface area contributed by atoms with Gasteiger partial charge in [0, 0.05) is 0 Å². The summed E-state index contributed by atoms with van der Waals surface area (Å²) in [7, 11) is 0. The summed E-state index contributed by atoms with van der Waals surface area (Å²) >= 11 is 0. The van der Waals surface area contributed by atoms with E-state index in [1.165, 1.54) is 24.0 Å². The number of aliphatic hydroxyl groups excluding tert-OH is 1. The van der Waals surface area contributed by atoms with Gasteiger partial charge in [-0.05, 0) is 43.6 Å². The van der Waals surface area contributed by atoms with Crippen LogP contribution in [0.25, 0.3) is 0 Å². The van der Waals surface area contributed by atoms with Crippen molar-refractivity contribution in [2.45, 2.75) is 53.6 Å². The molecule has 0 aromatic carbocycles. The van der Waals surface area contributed by atoms with Gasteiger partial charge in [0.15, 0.2) is 0 Å². The molecule has 15 heavy (non-hydrogen) atoms. The molecule has 86 valence electrons. The molecule has 1 aliphatic rings. The molecular weight excluding hydrogens is 184 g/mol. The van der Waals surface area contributed by atoms with E-state index in [1.807, 2.05) is 6.08 Å². The van der Waals surface area contributed by atoms with Crippen molar-refractivity contribution >= 4 is 0 Å². The van der Waals surface area contributed by atoms with Crippen molar-refractivity contribution < 1.29 is 5.11 Å². The van der Waals surface area contributed by atoms with Gasteiger partial charge in [0.25, 0.3) is 0 Å². The maximum Gasteiger partial charge on any atom is 0.0695 e. The molecule has 0 aromatic heterocycles. The van der Waals surface area contributed by atoms with Gasteiger partial charge in [-0.1, -0.05) is 38.5 Å². The second kappa shape index (κ2) is 4.52. The van der Waals surface area contributed by atoms with Crippen LogP contribution in [0.4, 0.5) is 0 Å². The number of allylic oxidation sites excluding steroid dienone is 3. The standard InChI is InChI=1S/C14H24O/c1-10-6-7-11(2)14(4,5)13(10)9-8-12(3)15/h8-9,11-12,15H,6-7H2,1-5H3/b9-8+. The molecule has 0 amide bonds. The first-order valence-corrected chi connectivity index (χ1v) is 5.92. The van der Waals surface area contributed by atoms with Gasteiger partial charge in [0.2, 0.25) is 0 Å². The van der Waals surface area contributed by atoms with Crippen molar-refractivity contribution in [3.8, 4) is 0 Å². The van der Waals surface area contributed by atoms with Gasteiger partial charge in [-0.25, -0.2) is 0 Å². The van der Waals surface area contributed by atoms with E-state index in [2.05, 4.69) is 33.8 Å². The van der Waals surface area contributed by atoms with Crippen molar-refractivity contribution in [3.63, 3.8) is 0 Å². The van der Waals surface area contributed by atoms with Crippen molar-refractivity contribution in [2.75, 3.05) is 0 Å². The molecule has 0 saturated heterocycles. The molecule has 1 nitrogen and oxygen atoms in total. The molecule has 1 heteroatoms. The summed E-state index contributed by atoms with van der Waals surface area (Å²) in [5.41, 5.74) is 3.14. The highest BCUT2D eigenvalue weighted by Crippen LogP contribution is 2.44. The van der Waals surface area contributed by atoms with Crippen LogP contribution in [0.1, 0.15) is 47.5 Å². The van der Waals surface area contributed by atoms with Crippen molar-refractivity contribution in [1.29, 1.82) is 0 Å². The summed E-state index contributed by atoms with van der Waals surface area (Å²) in [4.78, 5) is 0. The summed E-state index contributed by atoms with van der Waals surface area (Å²) in [6, 6.07) is 0. The van der Waals surface area contributed by atoms with Crippen molar-refractivity contribution in [2.24, 2.45) is 11.3 Å². The van der Waals surface area contributed by atoms with Crippen molar-refractivity contribution in [1.82, 2.24) is 0 Å². The molecule has 1 aliphatic carbocycles. The first-order valence-electron chi connectivity index (χ1n) is 5.92. The number of aliphatic hydroxyl groups is 1. The van der Waals surface area contributed by atoms with E-state index in [0.29, 0.717) is 0 Å². The summed E-state index contributed by atoms with van der Waals surface area (Å²) in [6.07, 6.45) is 6.14. The van der Waals surface area contributed by atoms with Gasteiger partial charge in [0.1, 0.15) is 0 Å². The Morgan fingerprint density at radius 3 is 2.60 bits per heavy atom. The molecule has 0 bridgehead atoms. The van der Waals surface area contributed by atoms with Crippen LogP contribution >= 0.6 is 0 Å². The van der Waals surface area contributed by atoms with Crippen LogP contribution in [0.5, 0.6) is 0 Å². The Bertz CT molecular complexity index is 282. The minimum atomic E-state index is -0.349. The number of rotatable bonds is 2. The average molecular weight is 208 g/mol. The highest BCUT2D eigenvalue weighted by atomic mass is 16.3. The van der Waals surface area contributed by atoms with Crippen LogP contribution < -0.4 is 0 Å². The third-order valence-electron chi connectivity index (χ3n) is 3.88. The number of hydrogen-bond donors (Lipinski definition) is 1. The van der Waals surface area contributed by atoms with Crippen LogP contribution in [0.3, 0.4) is 0 Å². The highest BCUT2D eigenvalue weighted by Gasteiger charge is 2.32. The second-order valence-electron chi connectivity index (χ2n) is 5.46. The van der Waals surface area contributed by atoms with Gasteiger partial charge in [-0.15, -0.1) is 0 Å². The summed E-state index contributed by atoms with van der Waals surface area (Å²) < 4.78 is 0. The molecule has 1 rings (SSSR count). The predicted octanol–water partition coefficient (Wildman–Crippen LogP) is 3.70. The van der Waals surface area contributed by atoms with Crippen molar-refractivity contribution in [3.05, 3.63) is 23.3 Å². The lowest BCUT2D eigenvalue weighted by molar-refractivity contribution is 0.240. The Morgan fingerprint density at radius 1 is 1.47 bits per heavy atom. The Balaban J connectivity index is 3.00. The van der Waals surface area contributed by atoms with Gasteiger partial charge < -0.3 is 5.11 Å².